The van der Waals surface area contributed by atoms with Crippen molar-refractivity contribution in [3.05, 3.63) is 59.0 Å². The van der Waals surface area contributed by atoms with Crippen LogP contribution in [0.4, 0.5) is 10.1 Å². The first-order valence-corrected chi connectivity index (χ1v) is 6.40. The van der Waals surface area contributed by atoms with Crippen molar-refractivity contribution in [3.8, 4) is 0 Å². The Labute approximate surface area is 112 Å². The number of benzene rings is 1. The second kappa shape index (κ2) is 4.44. The molecule has 2 heterocycles. The first-order chi connectivity index (χ1) is 9.16. The van der Waals surface area contributed by atoms with Crippen molar-refractivity contribution in [1.82, 2.24) is 4.98 Å². The molecule has 2 aromatic heterocycles. The van der Waals surface area contributed by atoms with Crippen LogP contribution in [-0.2, 0) is 0 Å². The maximum Gasteiger partial charge on any atom is 0.205 e. The van der Waals surface area contributed by atoms with Gasteiger partial charge < -0.3 is 5.73 Å². The summed E-state index contributed by atoms with van der Waals surface area (Å²) in [7, 11) is 0. The number of pyridine rings is 1. The van der Waals surface area contributed by atoms with Crippen LogP contribution in [0, 0.1) is 5.82 Å². The van der Waals surface area contributed by atoms with Gasteiger partial charge in [-0.1, -0.05) is 0 Å². The van der Waals surface area contributed by atoms with Gasteiger partial charge in [0.05, 0.1) is 10.6 Å². The highest BCUT2D eigenvalue weighted by molar-refractivity contribution is 7.21. The molecule has 0 aliphatic carbocycles. The first-order valence-electron chi connectivity index (χ1n) is 5.59. The van der Waals surface area contributed by atoms with Crippen LogP contribution in [0.5, 0.6) is 0 Å². The lowest BCUT2D eigenvalue weighted by Gasteiger charge is -1.99. The van der Waals surface area contributed by atoms with Crippen molar-refractivity contribution >= 4 is 32.9 Å². The normalized spacial score (nSPS) is 10.8. The molecule has 0 bridgehead atoms. The SMILES string of the molecule is Nc1c(C(=O)c2ccc(F)cc2)sc2ccncc12. The molecule has 19 heavy (non-hydrogen) atoms. The number of nitrogens with two attached hydrogens (primary N) is 1. The first kappa shape index (κ1) is 11.8. The van der Waals surface area contributed by atoms with Crippen LogP contribution < -0.4 is 5.73 Å². The number of anilines is 1. The van der Waals surface area contributed by atoms with Crippen molar-refractivity contribution in [2.24, 2.45) is 0 Å². The van der Waals surface area contributed by atoms with Crippen molar-refractivity contribution in [2.45, 2.75) is 0 Å². The quantitative estimate of drug-likeness (QED) is 0.728. The lowest BCUT2D eigenvalue weighted by atomic mass is 10.1. The summed E-state index contributed by atoms with van der Waals surface area (Å²) in [6.07, 6.45) is 3.30. The maximum absolute atomic E-state index is 12.9. The third-order valence-electron chi connectivity index (χ3n) is 2.84. The van der Waals surface area contributed by atoms with E-state index in [0.29, 0.717) is 16.1 Å². The summed E-state index contributed by atoms with van der Waals surface area (Å²) in [5.41, 5.74) is 6.84. The van der Waals surface area contributed by atoms with Gasteiger partial charge in [0.25, 0.3) is 0 Å². The molecule has 0 saturated carbocycles. The Balaban J connectivity index is 2.11. The summed E-state index contributed by atoms with van der Waals surface area (Å²) in [5.74, 6) is -0.566. The Kier molecular flexibility index (Phi) is 2.76. The molecule has 2 N–H and O–H groups in total. The van der Waals surface area contributed by atoms with E-state index in [9.17, 15) is 9.18 Å². The molecule has 0 unspecified atom stereocenters. The van der Waals surface area contributed by atoms with E-state index in [4.69, 9.17) is 5.73 Å². The molecule has 0 aliphatic rings. The zero-order chi connectivity index (χ0) is 13.4. The molecule has 0 amide bonds. The molecule has 0 aliphatic heterocycles. The third kappa shape index (κ3) is 1.98. The van der Waals surface area contributed by atoms with Gasteiger partial charge in [-0.2, -0.15) is 0 Å². The molecule has 0 radical (unpaired) electrons. The number of carbonyl (C=O) groups is 1. The number of hydrogen-bond acceptors (Lipinski definition) is 4. The minimum atomic E-state index is -0.370. The monoisotopic (exact) mass is 272 g/mol. The fraction of sp³-hybridized carbons (Fsp3) is 0. The van der Waals surface area contributed by atoms with Gasteiger partial charge in [-0.05, 0) is 30.3 Å². The van der Waals surface area contributed by atoms with Gasteiger partial charge in [-0.25, -0.2) is 4.39 Å². The number of carbonyl (C=O) groups excluding carboxylic acids is 1. The third-order valence-corrected chi connectivity index (χ3v) is 4.03. The molecule has 94 valence electrons. The van der Waals surface area contributed by atoms with Gasteiger partial charge >= 0.3 is 0 Å². The molecule has 3 nitrogen and oxygen atoms in total. The molecule has 0 fully saturated rings. The predicted molar refractivity (Wildman–Crippen MR) is 73.9 cm³/mol. The van der Waals surface area contributed by atoms with Gasteiger partial charge in [0.1, 0.15) is 5.82 Å². The summed E-state index contributed by atoms with van der Waals surface area (Å²) >= 11 is 1.32. The Morgan fingerprint density at radius 2 is 1.95 bits per heavy atom. The van der Waals surface area contributed by atoms with Crippen LogP contribution in [0.1, 0.15) is 15.2 Å². The highest BCUT2D eigenvalue weighted by atomic mass is 32.1. The number of hydrogen-bond donors (Lipinski definition) is 1. The zero-order valence-corrected chi connectivity index (χ0v) is 10.6. The van der Waals surface area contributed by atoms with E-state index in [1.807, 2.05) is 6.07 Å². The summed E-state index contributed by atoms with van der Waals surface area (Å²) in [5, 5.41) is 0.776. The van der Waals surface area contributed by atoms with E-state index in [-0.39, 0.29) is 11.6 Å². The number of nitrogen functional groups attached to an aromatic ring is 1. The smallest absolute Gasteiger partial charge is 0.205 e. The summed E-state index contributed by atoms with van der Waals surface area (Å²) < 4.78 is 13.8. The number of nitrogens with zero attached hydrogens (tertiary/aromatic N) is 1. The molecule has 5 heteroatoms. The fourth-order valence-electron chi connectivity index (χ4n) is 1.86. The average molecular weight is 272 g/mol. The van der Waals surface area contributed by atoms with Crippen LogP contribution in [0.15, 0.2) is 42.7 Å². The predicted octanol–water partition coefficient (Wildman–Crippen LogP) is 3.25. The molecule has 1 aromatic carbocycles. The molecule has 0 atom stereocenters. The van der Waals surface area contributed by atoms with E-state index in [1.54, 1.807) is 12.4 Å². The average Bonchev–Trinajstić information content (AvgIpc) is 2.77. The van der Waals surface area contributed by atoms with Crippen molar-refractivity contribution in [2.75, 3.05) is 5.73 Å². The van der Waals surface area contributed by atoms with Crippen LogP contribution >= 0.6 is 11.3 Å². The molecule has 3 aromatic rings. The number of thiophene rings is 1. The zero-order valence-electron chi connectivity index (χ0n) is 9.76. The second-order valence-corrected chi connectivity index (χ2v) is 5.10. The minimum Gasteiger partial charge on any atom is -0.397 e. The summed E-state index contributed by atoms with van der Waals surface area (Å²) in [6, 6.07) is 7.26. The Morgan fingerprint density at radius 3 is 2.63 bits per heavy atom. The van der Waals surface area contributed by atoms with E-state index in [0.717, 1.165) is 10.1 Å². The van der Waals surface area contributed by atoms with Crippen molar-refractivity contribution in [1.29, 1.82) is 0 Å². The lowest BCUT2D eigenvalue weighted by molar-refractivity contribution is 0.104. The second-order valence-electron chi connectivity index (χ2n) is 4.05. The van der Waals surface area contributed by atoms with Crippen LogP contribution in [0.2, 0.25) is 0 Å². The molecular formula is C14H9FN2OS. The van der Waals surface area contributed by atoms with E-state index in [1.165, 1.54) is 35.6 Å². The minimum absolute atomic E-state index is 0.196. The Morgan fingerprint density at radius 1 is 1.21 bits per heavy atom. The van der Waals surface area contributed by atoms with Crippen LogP contribution in [-0.4, -0.2) is 10.8 Å². The largest absolute Gasteiger partial charge is 0.397 e. The van der Waals surface area contributed by atoms with Crippen molar-refractivity contribution < 1.29 is 9.18 Å². The van der Waals surface area contributed by atoms with Gasteiger partial charge in [0.15, 0.2) is 0 Å². The lowest BCUT2D eigenvalue weighted by Crippen LogP contribution is -2.02. The van der Waals surface area contributed by atoms with Crippen LogP contribution in [0.25, 0.3) is 10.1 Å². The number of ketones is 1. The molecule has 0 saturated heterocycles. The van der Waals surface area contributed by atoms with Gasteiger partial charge in [0, 0.05) is 28.0 Å². The van der Waals surface area contributed by atoms with Gasteiger partial charge in [0.2, 0.25) is 5.78 Å². The standard InChI is InChI=1S/C14H9FN2OS/c15-9-3-1-8(2-4-9)13(18)14-12(16)10-7-17-6-5-11(10)19-14/h1-7H,16H2. The van der Waals surface area contributed by atoms with E-state index >= 15 is 0 Å². The molecule has 3 rings (SSSR count). The number of aromatic nitrogens is 1. The fourth-order valence-corrected chi connectivity index (χ4v) is 2.91. The summed E-state index contributed by atoms with van der Waals surface area (Å²) in [6.45, 7) is 0. The number of rotatable bonds is 2. The highest BCUT2D eigenvalue weighted by Crippen LogP contribution is 2.34. The Bertz CT molecular complexity index is 765. The highest BCUT2D eigenvalue weighted by Gasteiger charge is 2.17. The summed E-state index contributed by atoms with van der Waals surface area (Å²) in [4.78, 5) is 16.8. The topological polar surface area (TPSA) is 56.0 Å². The number of halogens is 1. The van der Waals surface area contributed by atoms with Gasteiger partial charge in [-0.3, -0.25) is 9.78 Å². The Hall–Kier alpha value is -2.27. The van der Waals surface area contributed by atoms with Crippen LogP contribution in [0.3, 0.4) is 0 Å². The van der Waals surface area contributed by atoms with Gasteiger partial charge in [-0.15, -0.1) is 11.3 Å². The maximum atomic E-state index is 12.9. The van der Waals surface area contributed by atoms with E-state index in [2.05, 4.69) is 4.98 Å². The number of fused-ring (bicyclic) bond motifs is 1. The van der Waals surface area contributed by atoms with E-state index < -0.39 is 0 Å². The molecule has 0 spiro atoms. The molecular weight excluding hydrogens is 263 g/mol. The van der Waals surface area contributed by atoms with Crippen molar-refractivity contribution in [3.63, 3.8) is 0 Å².